The van der Waals surface area contributed by atoms with Gasteiger partial charge in [0.15, 0.2) is 0 Å². The number of epoxide rings is 1. The topological polar surface area (TPSA) is 21.8 Å². The van der Waals surface area contributed by atoms with Crippen LogP contribution in [0.25, 0.3) is 0 Å². The van der Waals surface area contributed by atoms with Crippen LogP contribution in [0.4, 0.5) is 0 Å². The molecule has 1 aliphatic rings. The summed E-state index contributed by atoms with van der Waals surface area (Å²) in [6.45, 7) is 7.07. The first-order valence-electron chi connectivity index (χ1n) is 7.55. The van der Waals surface area contributed by atoms with E-state index in [0.717, 1.165) is 26.2 Å². The van der Waals surface area contributed by atoms with Crippen LogP contribution in [0.15, 0.2) is 0 Å². The molecule has 0 aromatic carbocycles. The van der Waals surface area contributed by atoms with Gasteiger partial charge in [0.25, 0.3) is 0 Å². The molecule has 0 N–H and O–H groups in total. The van der Waals surface area contributed by atoms with E-state index in [9.17, 15) is 0 Å². The lowest BCUT2D eigenvalue weighted by Gasteiger charge is -2.09. The van der Waals surface area contributed by atoms with Gasteiger partial charge in [0, 0.05) is 6.61 Å². The minimum absolute atomic E-state index is 0.111. The molecule has 0 aliphatic carbocycles. The van der Waals surface area contributed by atoms with Crippen molar-refractivity contribution >= 4 is 0 Å². The Labute approximate surface area is 107 Å². The fourth-order valence-corrected chi connectivity index (χ4v) is 2.09. The minimum Gasteiger partial charge on any atom is -0.378 e. The van der Waals surface area contributed by atoms with Gasteiger partial charge in [-0.15, -0.1) is 0 Å². The van der Waals surface area contributed by atoms with E-state index < -0.39 is 0 Å². The van der Waals surface area contributed by atoms with E-state index in [2.05, 4.69) is 13.8 Å². The minimum atomic E-state index is 0.111. The maximum atomic E-state index is 5.67. The van der Waals surface area contributed by atoms with Crippen LogP contribution in [0, 0.1) is 0 Å². The summed E-state index contributed by atoms with van der Waals surface area (Å²) in [5.41, 5.74) is 0.111. The second-order valence-corrected chi connectivity index (χ2v) is 5.35. The maximum absolute atomic E-state index is 5.67. The molecule has 1 atom stereocenters. The summed E-state index contributed by atoms with van der Waals surface area (Å²) in [4.78, 5) is 0. The fourth-order valence-electron chi connectivity index (χ4n) is 2.09. The summed E-state index contributed by atoms with van der Waals surface area (Å²) >= 11 is 0. The van der Waals surface area contributed by atoms with Crippen molar-refractivity contribution in [1.29, 1.82) is 0 Å². The van der Waals surface area contributed by atoms with Gasteiger partial charge >= 0.3 is 0 Å². The van der Waals surface area contributed by atoms with Crippen molar-refractivity contribution in [3.8, 4) is 0 Å². The van der Waals surface area contributed by atoms with Crippen LogP contribution in [0.1, 0.15) is 71.6 Å². The average molecular weight is 242 g/mol. The van der Waals surface area contributed by atoms with Crippen LogP contribution < -0.4 is 0 Å². The quantitative estimate of drug-likeness (QED) is 0.375. The van der Waals surface area contributed by atoms with E-state index in [1.165, 1.54) is 51.4 Å². The Hall–Kier alpha value is -0.0800. The average Bonchev–Trinajstić information content (AvgIpc) is 3.12. The zero-order valence-corrected chi connectivity index (χ0v) is 11.8. The predicted octanol–water partition coefficient (Wildman–Crippen LogP) is 4.32. The summed E-state index contributed by atoms with van der Waals surface area (Å²) < 4.78 is 11.1. The molecule has 1 heterocycles. The third-order valence-corrected chi connectivity index (χ3v) is 3.70. The molecule has 0 bridgehead atoms. The second-order valence-electron chi connectivity index (χ2n) is 5.35. The molecule has 102 valence electrons. The highest BCUT2D eigenvalue weighted by molar-refractivity contribution is 4.90. The fraction of sp³-hybridized carbons (Fsp3) is 1.00. The van der Waals surface area contributed by atoms with Crippen molar-refractivity contribution < 1.29 is 9.47 Å². The summed E-state index contributed by atoms with van der Waals surface area (Å²) in [6.07, 6.45) is 12.0. The Kier molecular flexibility index (Phi) is 7.87. The van der Waals surface area contributed by atoms with Crippen LogP contribution in [0.3, 0.4) is 0 Å². The molecular weight excluding hydrogens is 212 g/mol. The van der Waals surface area contributed by atoms with Gasteiger partial charge in [-0.25, -0.2) is 0 Å². The Morgan fingerprint density at radius 3 is 2.06 bits per heavy atom. The Morgan fingerprint density at radius 2 is 1.53 bits per heavy atom. The maximum Gasteiger partial charge on any atom is 0.115 e. The molecule has 1 saturated heterocycles. The third-order valence-electron chi connectivity index (χ3n) is 3.70. The molecule has 2 heteroatoms. The second kappa shape index (κ2) is 8.93. The summed E-state index contributed by atoms with van der Waals surface area (Å²) in [6, 6.07) is 0. The molecule has 0 radical (unpaired) electrons. The highest BCUT2D eigenvalue weighted by Gasteiger charge is 2.42. The van der Waals surface area contributed by atoms with E-state index >= 15 is 0 Å². The molecule has 2 nitrogen and oxygen atoms in total. The van der Waals surface area contributed by atoms with E-state index in [1.807, 2.05) is 0 Å². The van der Waals surface area contributed by atoms with Gasteiger partial charge < -0.3 is 9.47 Å². The molecule has 0 amide bonds. The number of ether oxygens (including phenoxy) is 2. The van der Waals surface area contributed by atoms with Gasteiger partial charge in [-0.05, 0) is 12.8 Å². The lowest BCUT2D eigenvalue weighted by Crippen LogP contribution is -2.18. The molecule has 1 rings (SSSR count). The van der Waals surface area contributed by atoms with Gasteiger partial charge in [-0.3, -0.25) is 0 Å². The van der Waals surface area contributed by atoms with Crippen LogP contribution in [-0.4, -0.2) is 25.4 Å². The lowest BCUT2D eigenvalue weighted by molar-refractivity contribution is 0.0742. The number of hydrogen-bond acceptors (Lipinski definition) is 2. The normalized spacial score (nSPS) is 22.9. The highest BCUT2D eigenvalue weighted by atomic mass is 16.6. The van der Waals surface area contributed by atoms with Crippen molar-refractivity contribution in [2.45, 2.75) is 77.2 Å². The standard InChI is InChI=1S/C15H30O2/c1-3-5-6-7-8-9-10-11-12-16-13-15(4-2)14-17-15/h3-14H2,1-2H3. The molecule has 1 unspecified atom stereocenters. The first-order valence-corrected chi connectivity index (χ1v) is 7.55. The Morgan fingerprint density at radius 1 is 0.941 bits per heavy atom. The van der Waals surface area contributed by atoms with Crippen molar-refractivity contribution in [3.05, 3.63) is 0 Å². The summed E-state index contributed by atoms with van der Waals surface area (Å²) in [5, 5.41) is 0. The van der Waals surface area contributed by atoms with Gasteiger partial charge in [-0.1, -0.05) is 58.8 Å². The van der Waals surface area contributed by atoms with Crippen molar-refractivity contribution in [2.24, 2.45) is 0 Å². The molecular formula is C15H30O2. The van der Waals surface area contributed by atoms with Crippen LogP contribution in [0.5, 0.6) is 0 Å². The molecule has 17 heavy (non-hydrogen) atoms. The van der Waals surface area contributed by atoms with Crippen molar-refractivity contribution in [3.63, 3.8) is 0 Å². The third kappa shape index (κ3) is 7.05. The largest absolute Gasteiger partial charge is 0.378 e. The van der Waals surface area contributed by atoms with Crippen LogP contribution >= 0.6 is 0 Å². The van der Waals surface area contributed by atoms with Gasteiger partial charge in [0.2, 0.25) is 0 Å². The van der Waals surface area contributed by atoms with Crippen LogP contribution in [0.2, 0.25) is 0 Å². The SMILES string of the molecule is CCCCCCCCCCOCC1(CC)CO1. The molecule has 1 aliphatic heterocycles. The molecule has 0 aromatic heterocycles. The van der Waals surface area contributed by atoms with E-state index in [4.69, 9.17) is 9.47 Å². The van der Waals surface area contributed by atoms with Gasteiger partial charge in [-0.2, -0.15) is 0 Å². The monoisotopic (exact) mass is 242 g/mol. The molecule has 0 aromatic rings. The Balaban J connectivity index is 1.73. The predicted molar refractivity (Wildman–Crippen MR) is 72.4 cm³/mol. The summed E-state index contributed by atoms with van der Waals surface area (Å²) in [7, 11) is 0. The smallest absolute Gasteiger partial charge is 0.115 e. The first kappa shape index (κ1) is 15.0. The van der Waals surface area contributed by atoms with Crippen LogP contribution in [-0.2, 0) is 9.47 Å². The molecule has 0 saturated carbocycles. The van der Waals surface area contributed by atoms with Crippen molar-refractivity contribution in [2.75, 3.05) is 19.8 Å². The van der Waals surface area contributed by atoms with E-state index in [1.54, 1.807) is 0 Å². The number of unbranched alkanes of at least 4 members (excludes halogenated alkanes) is 7. The molecule has 0 spiro atoms. The molecule has 1 fully saturated rings. The lowest BCUT2D eigenvalue weighted by atomic mass is 10.1. The van der Waals surface area contributed by atoms with E-state index in [-0.39, 0.29) is 5.60 Å². The zero-order valence-electron chi connectivity index (χ0n) is 11.8. The van der Waals surface area contributed by atoms with Crippen molar-refractivity contribution in [1.82, 2.24) is 0 Å². The number of rotatable bonds is 12. The summed E-state index contributed by atoms with van der Waals surface area (Å²) in [5.74, 6) is 0. The number of hydrogen-bond donors (Lipinski definition) is 0. The zero-order chi connectivity index (χ0) is 12.4. The highest BCUT2D eigenvalue weighted by Crippen LogP contribution is 2.30. The Bertz CT molecular complexity index is 176. The van der Waals surface area contributed by atoms with Gasteiger partial charge in [0.1, 0.15) is 5.60 Å². The van der Waals surface area contributed by atoms with E-state index in [0.29, 0.717) is 0 Å². The van der Waals surface area contributed by atoms with Gasteiger partial charge in [0.05, 0.1) is 13.2 Å². The first-order chi connectivity index (χ1) is 8.33.